The first kappa shape index (κ1) is 15.1. The summed E-state index contributed by atoms with van der Waals surface area (Å²) in [5.41, 5.74) is 0.984. The van der Waals surface area contributed by atoms with Gasteiger partial charge >= 0.3 is 0 Å². The maximum atomic E-state index is 13.0. The molecule has 1 unspecified atom stereocenters. The van der Waals surface area contributed by atoms with E-state index in [0.717, 1.165) is 11.1 Å². The third-order valence-corrected chi connectivity index (χ3v) is 2.86. The van der Waals surface area contributed by atoms with E-state index < -0.39 is 5.60 Å². The van der Waals surface area contributed by atoms with E-state index in [0.29, 0.717) is 26.1 Å². The Kier molecular flexibility index (Phi) is 5.72. The number of ether oxygens (including phenoxy) is 1. The van der Waals surface area contributed by atoms with Crippen LogP contribution in [-0.2, 0) is 11.2 Å². The van der Waals surface area contributed by atoms with Crippen molar-refractivity contribution in [2.75, 3.05) is 26.8 Å². The Morgan fingerprint density at radius 2 is 2.17 bits per heavy atom. The average molecular weight is 255 g/mol. The van der Waals surface area contributed by atoms with Crippen LogP contribution in [0.15, 0.2) is 18.2 Å². The first-order valence-electron chi connectivity index (χ1n) is 6.12. The summed E-state index contributed by atoms with van der Waals surface area (Å²) in [6, 6.07) is 4.65. The lowest BCUT2D eigenvalue weighted by Crippen LogP contribution is -2.40. The lowest BCUT2D eigenvalue weighted by molar-refractivity contribution is 0.0580. The van der Waals surface area contributed by atoms with Crippen LogP contribution >= 0.6 is 0 Å². The predicted molar refractivity (Wildman–Crippen MR) is 70.2 cm³/mol. The van der Waals surface area contributed by atoms with E-state index >= 15 is 0 Å². The highest BCUT2D eigenvalue weighted by molar-refractivity contribution is 5.27. The van der Waals surface area contributed by atoms with Gasteiger partial charge in [-0.05, 0) is 37.1 Å². The number of hydrogen-bond acceptors (Lipinski definition) is 3. The van der Waals surface area contributed by atoms with Gasteiger partial charge in [-0.25, -0.2) is 4.39 Å². The largest absolute Gasteiger partial charge is 0.389 e. The molecule has 18 heavy (non-hydrogen) atoms. The first-order valence-corrected chi connectivity index (χ1v) is 6.12. The minimum atomic E-state index is -0.851. The Morgan fingerprint density at radius 3 is 2.78 bits per heavy atom. The fraction of sp³-hybridized carbons (Fsp3) is 0.571. The maximum absolute atomic E-state index is 13.0. The molecule has 0 aliphatic carbocycles. The molecule has 0 aliphatic rings. The van der Waals surface area contributed by atoms with Crippen LogP contribution < -0.4 is 5.32 Å². The fourth-order valence-electron chi connectivity index (χ4n) is 1.86. The molecule has 0 heterocycles. The van der Waals surface area contributed by atoms with Gasteiger partial charge in [-0.2, -0.15) is 0 Å². The zero-order valence-corrected chi connectivity index (χ0v) is 11.3. The van der Waals surface area contributed by atoms with Gasteiger partial charge in [0, 0.05) is 26.6 Å². The Bertz CT molecular complexity index is 380. The Balaban J connectivity index is 2.53. The van der Waals surface area contributed by atoms with E-state index in [2.05, 4.69) is 5.32 Å². The van der Waals surface area contributed by atoms with Crippen LogP contribution in [0.2, 0.25) is 0 Å². The van der Waals surface area contributed by atoms with Gasteiger partial charge in [0.25, 0.3) is 0 Å². The van der Waals surface area contributed by atoms with Gasteiger partial charge in [-0.3, -0.25) is 0 Å². The molecule has 0 saturated carbocycles. The SMILES string of the molecule is COCCNCC(C)(O)Cc1ccc(F)cc1C. The summed E-state index contributed by atoms with van der Waals surface area (Å²) >= 11 is 0. The first-order chi connectivity index (χ1) is 8.44. The van der Waals surface area contributed by atoms with Crippen LogP contribution in [0.5, 0.6) is 0 Å². The van der Waals surface area contributed by atoms with E-state index in [1.54, 1.807) is 20.1 Å². The third-order valence-electron chi connectivity index (χ3n) is 2.86. The molecule has 0 aromatic heterocycles. The van der Waals surface area contributed by atoms with Crippen LogP contribution in [0.1, 0.15) is 18.1 Å². The number of nitrogens with one attached hydrogen (secondary N) is 1. The molecule has 0 bridgehead atoms. The Morgan fingerprint density at radius 1 is 1.44 bits per heavy atom. The van der Waals surface area contributed by atoms with Crippen LogP contribution in [0, 0.1) is 12.7 Å². The molecule has 2 N–H and O–H groups in total. The number of hydrogen-bond donors (Lipinski definition) is 2. The van der Waals surface area contributed by atoms with Gasteiger partial charge < -0.3 is 15.2 Å². The topological polar surface area (TPSA) is 41.5 Å². The summed E-state index contributed by atoms with van der Waals surface area (Å²) in [5, 5.41) is 13.4. The van der Waals surface area contributed by atoms with E-state index in [1.807, 2.05) is 6.92 Å². The van der Waals surface area contributed by atoms with E-state index in [9.17, 15) is 9.50 Å². The summed E-state index contributed by atoms with van der Waals surface area (Å²) in [6.45, 7) is 5.43. The maximum Gasteiger partial charge on any atom is 0.123 e. The van der Waals surface area contributed by atoms with Gasteiger partial charge in [0.05, 0.1) is 12.2 Å². The second kappa shape index (κ2) is 6.83. The second-order valence-electron chi connectivity index (χ2n) is 4.91. The zero-order valence-electron chi connectivity index (χ0n) is 11.3. The molecule has 1 rings (SSSR count). The van der Waals surface area contributed by atoms with Gasteiger partial charge in [0.2, 0.25) is 0 Å². The standard InChI is InChI=1S/C14H22FNO2/c1-11-8-13(15)5-4-12(11)9-14(2,17)10-16-6-7-18-3/h4-5,8,16-17H,6-7,9-10H2,1-3H3. The number of benzene rings is 1. The molecule has 3 nitrogen and oxygen atoms in total. The highest BCUT2D eigenvalue weighted by Crippen LogP contribution is 2.17. The molecule has 1 aromatic rings. The molecule has 0 radical (unpaired) electrons. The van der Waals surface area contributed by atoms with Crippen LogP contribution in [0.3, 0.4) is 0 Å². The molecule has 0 spiro atoms. The minimum absolute atomic E-state index is 0.242. The number of rotatable bonds is 7. The Hall–Kier alpha value is -0.970. The number of halogens is 1. The highest BCUT2D eigenvalue weighted by Gasteiger charge is 2.21. The van der Waals surface area contributed by atoms with Crippen molar-refractivity contribution in [2.45, 2.75) is 25.9 Å². The molecule has 0 amide bonds. The number of methoxy groups -OCH3 is 1. The smallest absolute Gasteiger partial charge is 0.123 e. The molecule has 0 aliphatic heterocycles. The van der Waals surface area contributed by atoms with Gasteiger partial charge in [-0.15, -0.1) is 0 Å². The van der Waals surface area contributed by atoms with Crippen molar-refractivity contribution in [1.29, 1.82) is 0 Å². The monoisotopic (exact) mass is 255 g/mol. The predicted octanol–water partition coefficient (Wildman–Crippen LogP) is 1.66. The van der Waals surface area contributed by atoms with E-state index in [4.69, 9.17) is 4.74 Å². The van der Waals surface area contributed by atoms with Gasteiger partial charge in [0.15, 0.2) is 0 Å². The summed E-state index contributed by atoms with van der Waals surface area (Å²) in [7, 11) is 1.64. The Labute approximate surface area is 108 Å². The summed E-state index contributed by atoms with van der Waals surface area (Å²) in [5.74, 6) is -0.242. The molecule has 0 fully saturated rings. The lowest BCUT2D eigenvalue weighted by atomic mass is 9.93. The molecular weight excluding hydrogens is 233 g/mol. The minimum Gasteiger partial charge on any atom is -0.389 e. The van der Waals surface area contributed by atoms with Crippen molar-refractivity contribution >= 4 is 0 Å². The average Bonchev–Trinajstić information content (AvgIpc) is 2.28. The summed E-state index contributed by atoms with van der Waals surface area (Å²) in [4.78, 5) is 0. The molecule has 102 valence electrons. The van der Waals surface area contributed by atoms with Crippen molar-refractivity contribution in [2.24, 2.45) is 0 Å². The molecule has 0 saturated heterocycles. The zero-order chi connectivity index (χ0) is 13.6. The quantitative estimate of drug-likeness (QED) is 0.728. The molecular formula is C14H22FNO2. The third kappa shape index (κ3) is 5.12. The van der Waals surface area contributed by atoms with Crippen molar-refractivity contribution in [3.05, 3.63) is 35.1 Å². The molecule has 1 aromatic carbocycles. The van der Waals surface area contributed by atoms with Crippen molar-refractivity contribution in [3.63, 3.8) is 0 Å². The van der Waals surface area contributed by atoms with E-state index in [-0.39, 0.29) is 5.82 Å². The van der Waals surface area contributed by atoms with Crippen LogP contribution in [0.4, 0.5) is 4.39 Å². The molecule has 1 atom stereocenters. The van der Waals surface area contributed by atoms with Crippen molar-refractivity contribution in [1.82, 2.24) is 5.32 Å². The highest BCUT2D eigenvalue weighted by atomic mass is 19.1. The van der Waals surface area contributed by atoms with E-state index in [1.165, 1.54) is 12.1 Å². The summed E-state index contributed by atoms with van der Waals surface area (Å²) < 4.78 is 17.9. The van der Waals surface area contributed by atoms with Gasteiger partial charge in [0.1, 0.15) is 5.82 Å². The number of aryl methyl sites for hydroxylation is 1. The lowest BCUT2D eigenvalue weighted by Gasteiger charge is -2.24. The normalized spacial score (nSPS) is 14.5. The number of aliphatic hydroxyl groups is 1. The van der Waals surface area contributed by atoms with Crippen LogP contribution in [-0.4, -0.2) is 37.5 Å². The summed E-state index contributed by atoms with van der Waals surface area (Å²) in [6.07, 6.45) is 0.499. The fourth-order valence-corrected chi connectivity index (χ4v) is 1.86. The van der Waals surface area contributed by atoms with Gasteiger partial charge in [-0.1, -0.05) is 6.07 Å². The second-order valence-corrected chi connectivity index (χ2v) is 4.91. The van der Waals surface area contributed by atoms with Crippen LogP contribution in [0.25, 0.3) is 0 Å². The van der Waals surface area contributed by atoms with Crippen molar-refractivity contribution in [3.8, 4) is 0 Å². The molecule has 4 heteroatoms. The van der Waals surface area contributed by atoms with Crippen molar-refractivity contribution < 1.29 is 14.2 Å².